The maximum absolute atomic E-state index is 13.1. The lowest BCUT2D eigenvalue weighted by Gasteiger charge is -2.30. The minimum atomic E-state index is -4.80. The molecule has 5 N–H and O–H groups in total. The number of alkyl halides is 3. The molecule has 0 aromatic heterocycles. The van der Waals surface area contributed by atoms with Crippen LogP contribution in [0.1, 0.15) is 19.3 Å². The molecule has 21 heavy (non-hydrogen) atoms. The summed E-state index contributed by atoms with van der Waals surface area (Å²) in [6, 6.07) is -1.59. The molecule has 1 unspecified atom stereocenters. The van der Waals surface area contributed by atoms with Gasteiger partial charge in [0.1, 0.15) is 6.04 Å². The highest BCUT2D eigenvalue weighted by Gasteiger charge is 2.61. The Balaban J connectivity index is 2.84. The normalized spacial score (nSPS) is 23.6. The molecule has 0 aromatic carbocycles. The molecule has 120 valence electrons. The van der Waals surface area contributed by atoms with Gasteiger partial charge < -0.3 is 21.5 Å². The Bertz CT molecular complexity index is 433. The van der Waals surface area contributed by atoms with Crippen LogP contribution < -0.4 is 16.4 Å². The third-order valence-corrected chi connectivity index (χ3v) is 3.42. The van der Waals surface area contributed by atoms with E-state index < -0.39 is 48.4 Å². The number of amides is 2. The van der Waals surface area contributed by atoms with Gasteiger partial charge in [0.25, 0.3) is 0 Å². The first-order chi connectivity index (χ1) is 9.60. The molecule has 0 aliphatic carbocycles. The summed E-state index contributed by atoms with van der Waals surface area (Å²) in [6.45, 7) is -0.601. The standard InChI is InChI=1S/C11H16F3N3O4/c12-11(13,14)10(3-4-16-5-10)9(21)17-6(8(19)20)1-2-7(15)18/h6,16H,1-5H2,(H2,15,18)(H,17,21)(H,19,20)/t6-,10?/m1/s1. The first kappa shape index (κ1) is 17.2. The number of carbonyl (C=O) groups excluding carboxylic acids is 2. The molecule has 1 aliphatic rings. The van der Waals surface area contributed by atoms with Crippen molar-refractivity contribution in [2.45, 2.75) is 31.5 Å². The maximum atomic E-state index is 13.1. The number of carboxylic acids is 1. The fourth-order valence-corrected chi connectivity index (χ4v) is 2.10. The van der Waals surface area contributed by atoms with Crippen LogP contribution in [-0.2, 0) is 14.4 Å². The Morgan fingerprint density at radius 3 is 2.38 bits per heavy atom. The molecule has 1 aliphatic heterocycles. The topological polar surface area (TPSA) is 122 Å². The quantitative estimate of drug-likeness (QED) is 0.520. The lowest BCUT2D eigenvalue weighted by atomic mass is 9.84. The lowest BCUT2D eigenvalue weighted by Crippen LogP contribution is -2.55. The molecule has 1 heterocycles. The van der Waals surface area contributed by atoms with E-state index in [4.69, 9.17) is 10.8 Å². The van der Waals surface area contributed by atoms with E-state index >= 15 is 0 Å². The summed E-state index contributed by atoms with van der Waals surface area (Å²) in [7, 11) is 0. The first-order valence-electron chi connectivity index (χ1n) is 6.19. The highest BCUT2D eigenvalue weighted by Crippen LogP contribution is 2.43. The zero-order chi connectivity index (χ0) is 16.3. The molecule has 0 bridgehead atoms. The van der Waals surface area contributed by atoms with E-state index in [0.29, 0.717) is 0 Å². The molecule has 10 heteroatoms. The summed E-state index contributed by atoms with van der Waals surface area (Å²) in [4.78, 5) is 33.5. The second-order valence-corrected chi connectivity index (χ2v) is 4.88. The summed E-state index contributed by atoms with van der Waals surface area (Å²) in [5.41, 5.74) is 2.21. The molecule has 1 rings (SSSR count). The summed E-state index contributed by atoms with van der Waals surface area (Å²) < 4.78 is 39.3. The van der Waals surface area contributed by atoms with Gasteiger partial charge in [-0.25, -0.2) is 4.79 Å². The van der Waals surface area contributed by atoms with Crippen LogP contribution in [0.25, 0.3) is 0 Å². The number of rotatable bonds is 6. The number of carboxylic acid groups (broad SMARTS) is 1. The number of nitrogens with two attached hydrogens (primary N) is 1. The van der Waals surface area contributed by atoms with Gasteiger partial charge in [0, 0.05) is 13.0 Å². The Labute approximate surface area is 118 Å². The SMILES string of the molecule is NC(=O)CC[C@@H](NC(=O)C1(C(F)(F)F)CCNC1)C(=O)O. The number of primary amides is 1. The number of aliphatic carboxylic acids is 1. The van der Waals surface area contributed by atoms with Crippen molar-refractivity contribution in [1.29, 1.82) is 0 Å². The smallest absolute Gasteiger partial charge is 0.404 e. The molecule has 1 fully saturated rings. The number of halogens is 3. The number of hydrogen-bond donors (Lipinski definition) is 4. The van der Waals surface area contributed by atoms with E-state index in [1.807, 2.05) is 5.32 Å². The maximum Gasteiger partial charge on any atom is 0.404 e. The van der Waals surface area contributed by atoms with Gasteiger partial charge in [0.05, 0.1) is 0 Å². The molecule has 0 spiro atoms. The van der Waals surface area contributed by atoms with Crippen molar-refractivity contribution in [2.24, 2.45) is 11.1 Å². The summed E-state index contributed by atoms with van der Waals surface area (Å²) in [5.74, 6) is -3.73. The van der Waals surface area contributed by atoms with Gasteiger partial charge in [-0.05, 0) is 19.4 Å². The van der Waals surface area contributed by atoms with Crippen molar-refractivity contribution in [1.82, 2.24) is 10.6 Å². The summed E-state index contributed by atoms with van der Waals surface area (Å²) in [6.07, 6.45) is -5.98. The Morgan fingerprint density at radius 2 is 2.00 bits per heavy atom. The fourth-order valence-electron chi connectivity index (χ4n) is 2.10. The molecule has 1 saturated heterocycles. The molecular weight excluding hydrogens is 295 g/mol. The zero-order valence-electron chi connectivity index (χ0n) is 11.0. The monoisotopic (exact) mass is 311 g/mol. The molecule has 0 radical (unpaired) electrons. The van der Waals surface area contributed by atoms with Crippen LogP contribution >= 0.6 is 0 Å². The van der Waals surface area contributed by atoms with E-state index in [1.54, 1.807) is 0 Å². The van der Waals surface area contributed by atoms with Crippen molar-refractivity contribution in [2.75, 3.05) is 13.1 Å². The zero-order valence-corrected chi connectivity index (χ0v) is 11.0. The largest absolute Gasteiger partial charge is 0.480 e. The van der Waals surface area contributed by atoms with E-state index in [0.717, 1.165) is 0 Å². The molecule has 2 atom stereocenters. The average Bonchev–Trinajstić information content (AvgIpc) is 2.83. The minimum absolute atomic E-state index is 0.00591. The average molecular weight is 311 g/mol. The molecule has 2 amide bonds. The van der Waals surface area contributed by atoms with Crippen LogP contribution in [0, 0.1) is 5.41 Å². The van der Waals surface area contributed by atoms with Crippen molar-refractivity contribution in [3.63, 3.8) is 0 Å². The van der Waals surface area contributed by atoms with Crippen LogP contribution in [0.15, 0.2) is 0 Å². The van der Waals surface area contributed by atoms with Gasteiger partial charge in [-0.15, -0.1) is 0 Å². The minimum Gasteiger partial charge on any atom is -0.480 e. The first-order valence-corrected chi connectivity index (χ1v) is 6.19. The highest BCUT2D eigenvalue weighted by molar-refractivity contribution is 5.89. The predicted octanol–water partition coefficient (Wildman–Crippen LogP) is -0.637. The summed E-state index contributed by atoms with van der Waals surface area (Å²) in [5, 5.41) is 13.2. The van der Waals surface area contributed by atoms with Gasteiger partial charge in [-0.1, -0.05) is 0 Å². The van der Waals surface area contributed by atoms with Crippen molar-refractivity contribution in [3.8, 4) is 0 Å². The van der Waals surface area contributed by atoms with Crippen LogP contribution in [0.2, 0.25) is 0 Å². The van der Waals surface area contributed by atoms with E-state index in [9.17, 15) is 27.6 Å². The lowest BCUT2D eigenvalue weighted by molar-refractivity contribution is -0.216. The van der Waals surface area contributed by atoms with Gasteiger partial charge in [-0.2, -0.15) is 13.2 Å². The van der Waals surface area contributed by atoms with Gasteiger partial charge >= 0.3 is 12.1 Å². The van der Waals surface area contributed by atoms with Gasteiger partial charge in [-0.3, -0.25) is 9.59 Å². The molecular formula is C11H16F3N3O4. The van der Waals surface area contributed by atoms with Crippen LogP contribution in [-0.4, -0.2) is 48.2 Å². The Kier molecular flexibility index (Phi) is 5.15. The van der Waals surface area contributed by atoms with Crippen LogP contribution in [0.5, 0.6) is 0 Å². The number of nitrogens with one attached hydrogen (secondary N) is 2. The number of hydrogen-bond acceptors (Lipinski definition) is 4. The van der Waals surface area contributed by atoms with Gasteiger partial charge in [0.2, 0.25) is 11.8 Å². The molecule has 0 saturated carbocycles. The second-order valence-electron chi connectivity index (χ2n) is 4.88. The Morgan fingerprint density at radius 1 is 1.38 bits per heavy atom. The van der Waals surface area contributed by atoms with E-state index in [1.165, 1.54) is 0 Å². The van der Waals surface area contributed by atoms with Crippen molar-refractivity contribution >= 4 is 17.8 Å². The highest BCUT2D eigenvalue weighted by atomic mass is 19.4. The van der Waals surface area contributed by atoms with E-state index in [-0.39, 0.29) is 19.4 Å². The third kappa shape index (κ3) is 3.84. The second kappa shape index (κ2) is 6.29. The van der Waals surface area contributed by atoms with E-state index in [2.05, 4.69) is 5.32 Å². The van der Waals surface area contributed by atoms with Crippen LogP contribution in [0.3, 0.4) is 0 Å². The van der Waals surface area contributed by atoms with Crippen molar-refractivity contribution in [3.05, 3.63) is 0 Å². The third-order valence-electron chi connectivity index (χ3n) is 3.42. The Hall–Kier alpha value is -1.84. The van der Waals surface area contributed by atoms with Gasteiger partial charge in [0.15, 0.2) is 5.41 Å². The molecule has 0 aromatic rings. The fraction of sp³-hybridized carbons (Fsp3) is 0.727. The predicted molar refractivity (Wildman–Crippen MR) is 64.0 cm³/mol. The number of carbonyl (C=O) groups is 3. The summed E-state index contributed by atoms with van der Waals surface area (Å²) >= 11 is 0. The van der Waals surface area contributed by atoms with Crippen molar-refractivity contribution < 1.29 is 32.7 Å². The molecule has 7 nitrogen and oxygen atoms in total. The van der Waals surface area contributed by atoms with Crippen LogP contribution in [0.4, 0.5) is 13.2 Å².